The zero-order valence-electron chi connectivity index (χ0n) is 11.8. The van der Waals surface area contributed by atoms with Gasteiger partial charge in [-0.2, -0.15) is 0 Å². The molecular formula is C14H21NO2Sn. The molecule has 0 aliphatic rings. The van der Waals surface area contributed by atoms with E-state index >= 15 is 0 Å². The molecule has 0 heterocycles. The number of hydrogen-bond donors (Lipinski definition) is 0. The minimum atomic E-state index is -1.91. The molecule has 0 amide bonds. The van der Waals surface area contributed by atoms with Crippen molar-refractivity contribution in [3.05, 3.63) is 45.5 Å². The summed E-state index contributed by atoms with van der Waals surface area (Å²) in [7, 11) is 0. The Labute approximate surface area is 113 Å². The second kappa shape index (κ2) is 5.87. The van der Waals surface area contributed by atoms with Crippen molar-refractivity contribution in [2.24, 2.45) is 0 Å². The second-order valence-corrected chi connectivity index (χ2v) is 21.6. The van der Waals surface area contributed by atoms with Crippen molar-refractivity contribution in [2.75, 3.05) is 0 Å². The first-order chi connectivity index (χ1) is 8.20. The Bertz CT molecular complexity index is 466. The van der Waals surface area contributed by atoms with Crippen molar-refractivity contribution < 1.29 is 4.92 Å². The Kier molecular flexibility index (Phi) is 4.96. The van der Waals surface area contributed by atoms with Gasteiger partial charge in [0.15, 0.2) is 0 Å². The molecule has 0 aliphatic heterocycles. The van der Waals surface area contributed by atoms with E-state index in [2.05, 4.69) is 28.7 Å². The van der Waals surface area contributed by atoms with Crippen LogP contribution in [0.4, 0.5) is 5.69 Å². The molecule has 0 saturated carbocycles. The van der Waals surface area contributed by atoms with E-state index in [4.69, 9.17) is 0 Å². The van der Waals surface area contributed by atoms with Gasteiger partial charge in [-0.3, -0.25) is 0 Å². The van der Waals surface area contributed by atoms with Crippen LogP contribution in [0.5, 0.6) is 0 Å². The Morgan fingerprint density at radius 1 is 1.17 bits per heavy atom. The molecule has 98 valence electrons. The zero-order valence-corrected chi connectivity index (χ0v) is 14.6. The van der Waals surface area contributed by atoms with Crippen molar-refractivity contribution in [3.63, 3.8) is 0 Å². The van der Waals surface area contributed by atoms with Crippen molar-refractivity contribution >= 4 is 29.6 Å². The van der Waals surface area contributed by atoms with Crippen LogP contribution in [0, 0.1) is 10.1 Å². The first kappa shape index (κ1) is 15.2. The number of nitrogens with zero attached hydrogens (tertiary/aromatic N) is 1. The van der Waals surface area contributed by atoms with Crippen LogP contribution in [0.2, 0.25) is 19.3 Å². The number of hydrogen-bond acceptors (Lipinski definition) is 2. The predicted octanol–water partition coefficient (Wildman–Crippen LogP) is 4.73. The van der Waals surface area contributed by atoms with Crippen molar-refractivity contribution in [1.29, 1.82) is 0 Å². The maximum absolute atomic E-state index is 10.6. The summed E-state index contributed by atoms with van der Waals surface area (Å²) in [5.74, 6) is 0. The van der Waals surface area contributed by atoms with Crippen molar-refractivity contribution in [1.82, 2.24) is 0 Å². The monoisotopic (exact) mass is 355 g/mol. The van der Waals surface area contributed by atoms with E-state index in [1.54, 1.807) is 12.1 Å². The molecule has 0 N–H and O–H groups in total. The van der Waals surface area contributed by atoms with Gasteiger partial charge in [0.1, 0.15) is 0 Å². The maximum atomic E-state index is 10.6. The normalized spacial score (nSPS) is 11.2. The average Bonchev–Trinajstić information content (AvgIpc) is 2.24. The van der Waals surface area contributed by atoms with Gasteiger partial charge in [-0.15, -0.1) is 0 Å². The van der Waals surface area contributed by atoms with Gasteiger partial charge in [-0.25, -0.2) is 0 Å². The van der Waals surface area contributed by atoms with Crippen LogP contribution in [0.3, 0.4) is 0 Å². The average molecular weight is 354 g/mol. The topological polar surface area (TPSA) is 43.1 Å². The first-order valence-corrected chi connectivity index (χ1v) is 16.7. The van der Waals surface area contributed by atoms with Crippen LogP contribution in [0.1, 0.15) is 19.4 Å². The molecule has 1 rings (SSSR count). The Morgan fingerprint density at radius 2 is 1.67 bits per heavy atom. The van der Waals surface area contributed by atoms with E-state index in [9.17, 15) is 10.1 Å². The Hall–Kier alpha value is -0.841. The number of benzene rings is 1. The van der Waals surface area contributed by atoms with Gasteiger partial charge in [0, 0.05) is 0 Å². The van der Waals surface area contributed by atoms with Gasteiger partial charge >= 0.3 is 113 Å². The van der Waals surface area contributed by atoms with Crippen molar-refractivity contribution in [3.8, 4) is 0 Å². The first-order valence-electron chi connectivity index (χ1n) is 6.12. The Morgan fingerprint density at radius 3 is 2.00 bits per heavy atom. The molecule has 0 radical (unpaired) electrons. The van der Waals surface area contributed by atoms with Gasteiger partial charge in [0.25, 0.3) is 0 Å². The van der Waals surface area contributed by atoms with Gasteiger partial charge in [0.05, 0.1) is 0 Å². The molecule has 3 nitrogen and oxygen atoms in total. The fourth-order valence-electron chi connectivity index (χ4n) is 1.88. The predicted molar refractivity (Wildman–Crippen MR) is 79.5 cm³/mol. The van der Waals surface area contributed by atoms with Crippen molar-refractivity contribution in [2.45, 2.75) is 33.1 Å². The molecule has 4 heteroatoms. The molecule has 0 aliphatic carbocycles. The summed E-state index contributed by atoms with van der Waals surface area (Å²) in [6, 6.07) is 6.93. The van der Waals surface area contributed by atoms with Gasteiger partial charge in [-0.1, -0.05) is 0 Å². The summed E-state index contributed by atoms with van der Waals surface area (Å²) < 4.78 is 1.18. The van der Waals surface area contributed by atoms with Crippen LogP contribution in [-0.4, -0.2) is 23.3 Å². The molecular weight excluding hydrogens is 333 g/mol. The van der Waals surface area contributed by atoms with Gasteiger partial charge in [0.2, 0.25) is 0 Å². The third-order valence-corrected chi connectivity index (χ3v) is 6.77. The van der Waals surface area contributed by atoms with E-state index in [-0.39, 0.29) is 10.6 Å². The number of non-ortho nitro benzene ring substituents is 1. The molecule has 0 fully saturated rings. The fourth-order valence-corrected chi connectivity index (χ4v) is 6.50. The summed E-state index contributed by atoms with van der Waals surface area (Å²) in [4.78, 5) is 17.5. The van der Waals surface area contributed by atoms with Crippen LogP contribution in [0.25, 0.3) is 5.57 Å². The Balaban J connectivity index is 3.09. The molecule has 0 spiro atoms. The molecule has 18 heavy (non-hydrogen) atoms. The van der Waals surface area contributed by atoms with Crippen LogP contribution < -0.4 is 0 Å². The molecule has 0 atom stereocenters. The zero-order chi connectivity index (χ0) is 13.9. The van der Waals surface area contributed by atoms with E-state index in [1.165, 1.54) is 15.6 Å². The van der Waals surface area contributed by atoms with Crippen LogP contribution in [-0.2, 0) is 0 Å². The standard InChI is InChI=1S/C11H12NO2.3CH3.Sn/c1-8(2)9(3)10-4-6-11(7-5-10)12(13)14;;;;/h4-7H,3H2,1-2H3;3*1H3;. The second-order valence-electron chi connectivity index (χ2n) is 6.02. The molecule has 0 saturated heterocycles. The number of nitro groups is 1. The van der Waals surface area contributed by atoms with Crippen LogP contribution >= 0.6 is 0 Å². The molecule has 1 aromatic rings. The van der Waals surface area contributed by atoms with E-state index in [1.807, 2.05) is 12.1 Å². The number of nitro benzene ring substituents is 1. The molecule has 0 bridgehead atoms. The summed E-state index contributed by atoms with van der Waals surface area (Å²) >= 11 is -1.91. The third-order valence-electron chi connectivity index (χ3n) is 2.74. The summed E-state index contributed by atoms with van der Waals surface area (Å²) in [6.07, 6.45) is 0. The number of allylic oxidation sites excluding steroid dienone is 2. The van der Waals surface area contributed by atoms with Gasteiger partial charge in [-0.05, 0) is 0 Å². The SMILES string of the molecule is CC(C)=C([CH2][Sn]([CH3])([CH3])[CH3])c1ccc([N+](=O)[O-])cc1. The molecule has 1 aromatic carbocycles. The van der Waals surface area contributed by atoms with Gasteiger partial charge < -0.3 is 0 Å². The molecule has 0 aromatic heterocycles. The fraction of sp³-hybridized carbons (Fsp3) is 0.429. The van der Waals surface area contributed by atoms with E-state index < -0.39 is 18.4 Å². The minimum absolute atomic E-state index is 0.158. The van der Waals surface area contributed by atoms with E-state index in [0.29, 0.717) is 0 Å². The summed E-state index contributed by atoms with van der Waals surface area (Å²) in [5.41, 5.74) is 3.97. The molecule has 0 unspecified atom stereocenters. The summed E-state index contributed by atoms with van der Waals surface area (Å²) in [6.45, 7) is 4.24. The quantitative estimate of drug-likeness (QED) is 0.446. The van der Waals surface area contributed by atoms with E-state index in [0.717, 1.165) is 5.56 Å². The summed E-state index contributed by atoms with van der Waals surface area (Å²) in [5, 5.41) is 10.6. The number of rotatable bonds is 4. The third kappa shape index (κ3) is 4.44. The van der Waals surface area contributed by atoms with Crippen LogP contribution in [0.15, 0.2) is 29.8 Å².